The first-order chi connectivity index (χ1) is 40.1. The Labute approximate surface area is 506 Å². The van der Waals surface area contributed by atoms with Crippen molar-refractivity contribution in [2.24, 2.45) is 14.1 Å². The van der Waals surface area contributed by atoms with E-state index in [1.165, 1.54) is 86.9 Å². The Bertz CT molecular complexity index is 4130. The summed E-state index contributed by atoms with van der Waals surface area (Å²) in [6, 6.07) is 40.4. The molecule has 10 aromatic rings. The largest absolute Gasteiger partial charge is 0.275 e. The van der Waals surface area contributed by atoms with Crippen LogP contribution >= 0.6 is 23.9 Å². The number of benzene rings is 4. The van der Waals surface area contributed by atoms with Gasteiger partial charge in [0.25, 0.3) is 20.0 Å². The summed E-state index contributed by atoms with van der Waals surface area (Å²) in [5.41, 5.74) is 10.7. The van der Waals surface area contributed by atoms with Crippen molar-refractivity contribution in [1.29, 1.82) is 0 Å². The molecule has 4 aromatic carbocycles. The average Bonchev–Trinajstić information content (AvgIpc) is 3.46. The summed E-state index contributed by atoms with van der Waals surface area (Å²) in [4.78, 5) is 9.39. The van der Waals surface area contributed by atoms with Crippen LogP contribution in [0.1, 0.15) is 111 Å². The van der Waals surface area contributed by atoms with E-state index in [0.717, 1.165) is 55.9 Å². The summed E-state index contributed by atoms with van der Waals surface area (Å²) in [6.07, 6.45) is 28.8. The van der Waals surface area contributed by atoms with Crippen LogP contribution in [0, 0.1) is 0 Å². The Morgan fingerprint density at radius 2 is 0.952 bits per heavy atom. The molecule has 0 atom stereocenters. The highest BCUT2D eigenvalue weighted by atomic mass is 79.9. The molecule has 12 nitrogen and oxygen atoms in total. The second-order valence-electron chi connectivity index (χ2n) is 23.5. The summed E-state index contributed by atoms with van der Waals surface area (Å²) in [5.74, 6) is 0. The molecule has 0 spiro atoms. The number of allylic oxidation sites excluding steroid dienone is 2. The summed E-state index contributed by atoms with van der Waals surface area (Å²) in [7, 11) is -4.14. The first-order valence-electron chi connectivity index (χ1n) is 28.7. The van der Waals surface area contributed by atoms with Crippen LogP contribution in [0.2, 0.25) is 0 Å². The smallest absolute Gasteiger partial charge is 0.269 e. The van der Waals surface area contributed by atoms with Gasteiger partial charge < -0.3 is 0 Å². The number of hydrogen-bond donors (Lipinski definition) is 0. The molecule has 84 heavy (non-hydrogen) atoms. The predicted molar refractivity (Wildman–Crippen MR) is 351 cm³/mol. The molecule has 2 aliphatic rings. The van der Waals surface area contributed by atoms with Crippen LogP contribution in [0.3, 0.4) is 0 Å². The highest BCUT2D eigenvalue weighted by molar-refractivity contribution is 9.10. The van der Waals surface area contributed by atoms with Gasteiger partial charge in [-0.2, -0.15) is 10.2 Å². The molecule has 0 saturated heterocycles. The van der Waals surface area contributed by atoms with Crippen LogP contribution in [0.25, 0.3) is 61.5 Å². The van der Waals surface area contributed by atoms with Crippen molar-refractivity contribution in [1.82, 2.24) is 37.5 Å². The van der Waals surface area contributed by atoms with Gasteiger partial charge in [-0.15, -0.1) is 0 Å². The van der Waals surface area contributed by atoms with Gasteiger partial charge in [-0.05, 0) is 136 Å². The van der Waals surface area contributed by atoms with Gasteiger partial charge in [-0.1, -0.05) is 177 Å². The number of aryl methyl sites for hydroxylation is 2. The quantitative estimate of drug-likeness (QED) is 0.103. The molecule has 0 N–H and O–H groups in total. The lowest BCUT2D eigenvalue weighted by Gasteiger charge is -2.42. The van der Waals surface area contributed by atoms with Gasteiger partial charge in [0.05, 0.1) is 22.2 Å². The van der Waals surface area contributed by atoms with Crippen LogP contribution < -0.4 is 5.30 Å². The number of nitrogens with zero attached hydrogens (tertiary/aromatic N) is 8. The standard InChI is InChI=1S/C24H24N4O2S.C20H27P.C17H13BrN4O2S.C7H12/c1-27-16-20(15-26-27)23-17-28(31(29,30)21-10-6-3-7-11-21)24-22(23)13-19(14-25-24)12-18-8-4-2-5-9-18;1-19(2,3)21(20(4,5)6)18-15-11-10-14-17(18)16-12-8-7-9-13-16;1-21-10-12(8-20-21)16-11-22(17-15(16)7-13(18)9-19-17)25(23,24)14-5-3-2-4-6-14;1-7-5-3-2-4-6-7/h3,6-7,10-17H,2,4-5,8-9H2,1H3;7-15H,1-6H3;2-11H,1H3;1-6H2. The Balaban J connectivity index is 0.000000145. The van der Waals surface area contributed by atoms with Gasteiger partial charge in [-0.3, -0.25) is 9.36 Å². The van der Waals surface area contributed by atoms with E-state index in [0.29, 0.717) is 21.6 Å². The van der Waals surface area contributed by atoms with Crippen LogP contribution in [-0.2, 0) is 34.1 Å². The molecule has 0 unspecified atom stereocenters. The third-order valence-corrected chi connectivity index (χ3v) is 22.2. The fraction of sp³-hybridized carbons (Fsp3) is 0.294. The molecule has 2 saturated carbocycles. The minimum Gasteiger partial charge on any atom is -0.275 e. The molecular weight excluding hydrogens is 1170 g/mol. The minimum absolute atomic E-state index is 0.217. The van der Waals surface area contributed by atoms with E-state index in [-0.39, 0.29) is 17.7 Å². The molecule has 0 amide bonds. The van der Waals surface area contributed by atoms with Gasteiger partial charge >= 0.3 is 0 Å². The Kier molecular flexibility index (Phi) is 19.4. The molecule has 2 fully saturated rings. The van der Waals surface area contributed by atoms with Crippen molar-refractivity contribution in [3.8, 4) is 33.4 Å². The van der Waals surface area contributed by atoms with Crippen LogP contribution in [0.4, 0.5) is 0 Å². The molecule has 436 valence electrons. The fourth-order valence-corrected chi connectivity index (χ4v) is 18.4. The van der Waals surface area contributed by atoms with E-state index >= 15 is 0 Å². The molecular formula is C68H76BrN8O4PS2. The van der Waals surface area contributed by atoms with Crippen molar-refractivity contribution in [3.05, 3.63) is 205 Å². The monoisotopic (exact) mass is 1240 g/mol. The van der Waals surface area contributed by atoms with Crippen molar-refractivity contribution < 1.29 is 16.8 Å². The van der Waals surface area contributed by atoms with Gasteiger partial charge in [-0.25, -0.2) is 34.7 Å². The van der Waals surface area contributed by atoms with Crippen molar-refractivity contribution in [2.75, 3.05) is 0 Å². The summed E-state index contributed by atoms with van der Waals surface area (Å²) < 4.78 is 59.6. The zero-order valence-corrected chi connectivity index (χ0v) is 53.6. The van der Waals surface area contributed by atoms with Gasteiger partial charge in [0, 0.05) is 88.8 Å². The molecule has 2 aliphatic carbocycles. The topological polar surface area (TPSA) is 140 Å². The highest BCUT2D eigenvalue weighted by Crippen LogP contribution is 2.59. The van der Waals surface area contributed by atoms with E-state index in [4.69, 9.17) is 0 Å². The fourth-order valence-electron chi connectivity index (χ4n) is 11.3. The third kappa shape index (κ3) is 14.5. The first kappa shape index (κ1) is 61.5. The van der Waals surface area contributed by atoms with E-state index in [2.05, 4.69) is 145 Å². The Hall–Kier alpha value is -7.03. The lowest BCUT2D eigenvalue weighted by atomic mass is 9.93. The highest BCUT2D eigenvalue weighted by Gasteiger charge is 2.37. The molecule has 12 rings (SSSR count). The maximum Gasteiger partial charge on any atom is 0.269 e. The second-order valence-corrected chi connectivity index (χ2v) is 31.9. The normalized spacial score (nSPS) is 14.1. The van der Waals surface area contributed by atoms with E-state index in [9.17, 15) is 16.8 Å². The average molecular weight is 1240 g/mol. The van der Waals surface area contributed by atoms with Gasteiger partial charge in [0.15, 0.2) is 11.3 Å². The lowest BCUT2D eigenvalue weighted by Crippen LogP contribution is -2.31. The summed E-state index contributed by atoms with van der Waals surface area (Å²) in [5, 5.41) is 12.1. The maximum absolute atomic E-state index is 13.4. The van der Waals surface area contributed by atoms with E-state index < -0.39 is 20.0 Å². The Morgan fingerprint density at radius 1 is 0.512 bits per heavy atom. The SMILES string of the molecule is C=C1CCCCC1.CC(C)(C)P(c1ccccc1-c1ccccc1)C(C)(C)C.Cn1cc(-c2cn(S(=O)(=O)c3ccccc3)c3ncc(Br)cc23)cn1.Cn1cc(-c2cn(S(=O)(=O)c3ccccc3)c3ncc(C=C4CCCCC4)cc23)cn1. The number of halogens is 1. The number of rotatable bonds is 9. The second kappa shape index (κ2) is 26.5. The zero-order chi connectivity index (χ0) is 59.8. The summed E-state index contributed by atoms with van der Waals surface area (Å²) >= 11 is 3.41. The van der Waals surface area contributed by atoms with Crippen molar-refractivity contribution >= 4 is 77.3 Å². The molecule has 16 heteroatoms. The van der Waals surface area contributed by atoms with Gasteiger partial charge in [0.1, 0.15) is 0 Å². The van der Waals surface area contributed by atoms with Crippen LogP contribution in [0.15, 0.2) is 209 Å². The summed E-state index contributed by atoms with van der Waals surface area (Å²) in [6.45, 7) is 18.2. The predicted octanol–water partition coefficient (Wildman–Crippen LogP) is 17.0. The maximum atomic E-state index is 13.4. The number of fused-ring (bicyclic) bond motifs is 2. The number of hydrogen-bond acceptors (Lipinski definition) is 8. The first-order valence-corrected chi connectivity index (χ1v) is 33.7. The van der Waals surface area contributed by atoms with Gasteiger partial charge in [0.2, 0.25) is 0 Å². The van der Waals surface area contributed by atoms with E-state index in [1.807, 2.05) is 38.6 Å². The molecule has 6 aromatic heterocycles. The molecule has 0 radical (unpaired) electrons. The Morgan fingerprint density at radius 3 is 1.40 bits per heavy atom. The molecule has 0 bridgehead atoms. The number of aromatic nitrogens is 8. The molecule has 0 aliphatic heterocycles. The third-order valence-electron chi connectivity index (χ3n) is 14.8. The minimum atomic E-state index is -3.77. The van der Waals surface area contributed by atoms with Crippen LogP contribution in [0.5, 0.6) is 0 Å². The molecule has 6 heterocycles. The van der Waals surface area contributed by atoms with Crippen molar-refractivity contribution in [2.45, 2.75) is 126 Å². The number of pyridine rings is 2. The van der Waals surface area contributed by atoms with Crippen molar-refractivity contribution in [3.63, 3.8) is 0 Å². The van der Waals surface area contributed by atoms with Crippen LogP contribution in [-0.4, -0.2) is 64.6 Å². The van der Waals surface area contributed by atoms with E-state index in [1.54, 1.807) is 107 Å². The zero-order valence-electron chi connectivity index (χ0n) is 49.5. The lowest BCUT2D eigenvalue weighted by molar-refractivity contribution is 0.587.